The Balaban J connectivity index is 1.30. The van der Waals surface area contributed by atoms with Gasteiger partial charge in [-0.05, 0) is 76.2 Å². The molecule has 0 saturated heterocycles. The van der Waals surface area contributed by atoms with E-state index >= 15 is 0 Å². The number of rotatable bonds is 5. The highest BCUT2D eigenvalue weighted by Gasteiger charge is 2.51. The van der Waals surface area contributed by atoms with E-state index in [1.54, 1.807) is 35.5 Å². The zero-order valence-electron chi connectivity index (χ0n) is 16.8. The van der Waals surface area contributed by atoms with Crippen molar-refractivity contribution in [2.45, 2.75) is 64.6 Å². The number of nitro groups is 1. The Morgan fingerprint density at radius 3 is 2.38 bits per heavy atom. The molecule has 1 amide bonds. The van der Waals surface area contributed by atoms with Crippen LogP contribution in [0.2, 0.25) is 0 Å². The van der Waals surface area contributed by atoms with Gasteiger partial charge in [-0.1, -0.05) is 0 Å². The Kier molecular flexibility index (Phi) is 4.04. The molecule has 1 N–H and O–H groups in total. The topological polar surface area (TPSA) is 108 Å². The van der Waals surface area contributed by atoms with E-state index in [-0.39, 0.29) is 23.8 Å². The summed E-state index contributed by atoms with van der Waals surface area (Å²) in [6.45, 7) is 3.52. The largest absolute Gasteiger partial charge is 0.345 e. The highest BCUT2D eigenvalue weighted by molar-refractivity contribution is 5.92. The van der Waals surface area contributed by atoms with Gasteiger partial charge in [-0.2, -0.15) is 10.2 Å². The lowest BCUT2D eigenvalue weighted by Gasteiger charge is -2.56. The van der Waals surface area contributed by atoms with E-state index in [2.05, 4.69) is 15.5 Å². The summed E-state index contributed by atoms with van der Waals surface area (Å²) in [5.74, 6) is 2.17. The summed E-state index contributed by atoms with van der Waals surface area (Å²) in [4.78, 5) is 23.7. The fourth-order valence-corrected chi connectivity index (χ4v) is 6.36. The van der Waals surface area contributed by atoms with Gasteiger partial charge in [0.15, 0.2) is 0 Å². The van der Waals surface area contributed by atoms with Crippen LogP contribution >= 0.6 is 0 Å². The van der Waals surface area contributed by atoms with E-state index in [1.807, 2.05) is 0 Å². The van der Waals surface area contributed by atoms with Gasteiger partial charge in [0.2, 0.25) is 0 Å². The second-order valence-electron chi connectivity index (χ2n) is 9.31. The van der Waals surface area contributed by atoms with E-state index in [0.29, 0.717) is 17.1 Å². The van der Waals surface area contributed by atoms with Gasteiger partial charge in [0, 0.05) is 11.7 Å². The molecule has 4 bridgehead atoms. The molecule has 29 heavy (non-hydrogen) atoms. The first-order valence-electron chi connectivity index (χ1n) is 10.4. The van der Waals surface area contributed by atoms with Gasteiger partial charge in [-0.15, -0.1) is 0 Å². The Bertz CT molecular complexity index is 955. The molecule has 2 aromatic rings. The first kappa shape index (κ1) is 18.3. The van der Waals surface area contributed by atoms with Crippen molar-refractivity contribution in [3.63, 3.8) is 0 Å². The normalized spacial score (nSPS) is 29.9. The van der Waals surface area contributed by atoms with Crippen LogP contribution in [0.1, 0.15) is 60.4 Å². The van der Waals surface area contributed by atoms with E-state index in [4.69, 9.17) is 0 Å². The zero-order valence-corrected chi connectivity index (χ0v) is 16.8. The maximum Gasteiger partial charge on any atom is 0.312 e. The smallest absolute Gasteiger partial charge is 0.312 e. The first-order chi connectivity index (χ1) is 13.8. The Morgan fingerprint density at radius 1 is 1.21 bits per heavy atom. The standard InChI is InChI=1S/C20H26N6O3/c1-12-18(26(28)29)13(2)25(22-12)11-24-4-3-17(23-24)19(27)21-20-8-14-5-15(9-20)7-16(6-14)10-20/h3-4,14-16H,5-11H2,1-2H3,(H,21,27). The average molecular weight is 398 g/mol. The molecule has 0 atom stereocenters. The molecule has 0 unspecified atom stereocenters. The lowest BCUT2D eigenvalue weighted by molar-refractivity contribution is -0.386. The molecular formula is C20H26N6O3. The van der Waals surface area contributed by atoms with Crippen molar-refractivity contribution >= 4 is 11.6 Å². The Hall–Kier alpha value is -2.71. The number of aromatic nitrogens is 4. The van der Waals surface area contributed by atoms with Crippen molar-refractivity contribution in [1.29, 1.82) is 0 Å². The van der Waals surface area contributed by atoms with Crippen molar-refractivity contribution in [2.24, 2.45) is 17.8 Å². The molecule has 0 aromatic carbocycles. The van der Waals surface area contributed by atoms with Crippen LogP contribution in [0.4, 0.5) is 5.69 Å². The van der Waals surface area contributed by atoms with Crippen LogP contribution in [-0.4, -0.2) is 35.9 Å². The molecule has 2 heterocycles. The summed E-state index contributed by atoms with van der Waals surface area (Å²) in [5, 5.41) is 23.2. The number of amides is 1. The summed E-state index contributed by atoms with van der Waals surface area (Å²) in [5.41, 5.74) is 1.21. The molecular weight excluding hydrogens is 372 g/mol. The third-order valence-corrected chi connectivity index (χ3v) is 7.09. The van der Waals surface area contributed by atoms with Crippen molar-refractivity contribution < 1.29 is 9.72 Å². The van der Waals surface area contributed by atoms with Gasteiger partial charge in [-0.3, -0.25) is 19.6 Å². The zero-order chi connectivity index (χ0) is 20.3. The van der Waals surface area contributed by atoms with E-state index < -0.39 is 4.92 Å². The molecule has 0 aliphatic heterocycles. The molecule has 9 heteroatoms. The van der Waals surface area contributed by atoms with Crippen LogP contribution in [0, 0.1) is 41.7 Å². The van der Waals surface area contributed by atoms with Gasteiger partial charge >= 0.3 is 5.69 Å². The second-order valence-corrected chi connectivity index (χ2v) is 9.31. The van der Waals surface area contributed by atoms with Gasteiger partial charge in [0.1, 0.15) is 23.8 Å². The van der Waals surface area contributed by atoms with Gasteiger partial charge in [0.05, 0.1) is 4.92 Å². The first-order valence-corrected chi connectivity index (χ1v) is 10.4. The SMILES string of the molecule is Cc1nn(Cn2ccc(C(=O)NC34CC5CC(CC(C5)C3)C4)n2)c(C)c1[N+](=O)[O-]. The van der Waals surface area contributed by atoms with Crippen LogP contribution in [0.5, 0.6) is 0 Å². The van der Waals surface area contributed by atoms with Crippen molar-refractivity contribution in [3.8, 4) is 0 Å². The van der Waals surface area contributed by atoms with Crippen LogP contribution in [0.25, 0.3) is 0 Å². The molecule has 4 saturated carbocycles. The molecule has 154 valence electrons. The Morgan fingerprint density at radius 2 is 1.83 bits per heavy atom. The second kappa shape index (κ2) is 6.40. The van der Waals surface area contributed by atoms with Crippen molar-refractivity contribution in [3.05, 3.63) is 39.5 Å². The maximum atomic E-state index is 12.9. The molecule has 0 radical (unpaired) electrons. The summed E-state index contributed by atoms with van der Waals surface area (Å²) in [6.07, 6.45) is 9.01. The predicted octanol–water partition coefficient (Wildman–Crippen LogP) is 2.81. The van der Waals surface area contributed by atoms with E-state index in [1.165, 1.54) is 19.3 Å². The summed E-state index contributed by atoms with van der Waals surface area (Å²) < 4.78 is 3.14. The molecule has 4 fully saturated rings. The third kappa shape index (κ3) is 3.12. The minimum atomic E-state index is -0.415. The minimum Gasteiger partial charge on any atom is -0.345 e. The number of hydrogen-bond donors (Lipinski definition) is 1. The predicted molar refractivity (Wildman–Crippen MR) is 104 cm³/mol. The average Bonchev–Trinajstić information content (AvgIpc) is 3.18. The quantitative estimate of drug-likeness (QED) is 0.615. The molecule has 4 aliphatic rings. The fraction of sp³-hybridized carbons (Fsp3) is 0.650. The minimum absolute atomic E-state index is 0.0249. The maximum absolute atomic E-state index is 12.9. The highest BCUT2D eigenvalue weighted by Crippen LogP contribution is 2.55. The van der Waals surface area contributed by atoms with Gasteiger partial charge in [0.25, 0.3) is 5.91 Å². The summed E-state index contributed by atoms with van der Waals surface area (Å²) in [6, 6.07) is 1.70. The van der Waals surface area contributed by atoms with Crippen LogP contribution in [0.15, 0.2) is 12.3 Å². The number of nitrogens with one attached hydrogen (secondary N) is 1. The van der Waals surface area contributed by atoms with Gasteiger partial charge < -0.3 is 5.32 Å². The fourth-order valence-electron chi connectivity index (χ4n) is 6.36. The lowest BCUT2D eigenvalue weighted by atomic mass is 9.53. The molecule has 6 rings (SSSR count). The molecule has 0 spiro atoms. The van der Waals surface area contributed by atoms with E-state index in [0.717, 1.165) is 37.0 Å². The Labute approximate surface area is 168 Å². The molecule has 4 aliphatic carbocycles. The molecule has 9 nitrogen and oxygen atoms in total. The number of nitrogens with zero attached hydrogens (tertiary/aromatic N) is 5. The highest BCUT2D eigenvalue weighted by atomic mass is 16.6. The van der Waals surface area contributed by atoms with Crippen molar-refractivity contribution in [1.82, 2.24) is 24.9 Å². The van der Waals surface area contributed by atoms with E-state index in [9.17, 15) is 14.9 Å². The van der Waals surface area contributed by atoms with Crippen LogP contribution in [0.3, 0.4) is 0 Å². The molecule has 2 aromatic heterocycles. The lowest BCUT2D eigenvalue weighted by Crippen LogP contribution is -2.59. The van der Waals surface area contributed by atoms with Crippen LogP contribution < -0.4 is 5.32 Å². The van der Waals surface area contributed by atoms with Gasteiger partial charge in [-0.25, -0.2) is 4.68 Å². The number of hydrogen-bond acceptors (Lipinski definition) is 5. The van der Waals surface area contributed by atoms with Crippen molar-refractivity contribution in [2.75, 3.05) is 0 Å². The summed E-state index contributed by atoms with van der Waals surface area (Å²) in [7, 11) is 0. The number of aryl methyl sites for hydroxylation is 1. The summed E-state index contributed by atoms with van der Waals surface area (Å²) >= 11 is 0. The van der Waals surface area contributed by atoms with Crippen LogP contribution in [-0.2, 0) is 6.67 Å². The monoisotopic (exact) mass is 398 g/mol. The third-order valence-electron chi connectivity index (χ3n) is 7.09. The number of carbonyl (C=O) groups is 1. The number of carbonyl (C=O) groups excluding carboxylic acids is 1.